The number of aryl methyl sites for hydroxylation is 4. The van der Waals surface area contributed by atoms with E-state index < -0.39 is 0 Å². The van der Waals surface area contributed by atoms with E-state index in [1.807, 2.05) is 6.21 Å². The van der Waals surface area contributed by atoms with Crippen molar-refractivity contribution >= 4 is 23.3 Å². The van der Waals surface area contributed by atoms with Gasteiger partial charge in [0.25, 0.3) is 0 Å². The number of hydrogen-bond donors (Lipinski definition) is 0. The van der Waals surface area contributed by atoms with Gasteiger partial charge in [-0.05, 0) is 87.1 Å². The maximum absolute atomic E-state index is 4.91. The molecule has 0 N–H and O–H groups in total. The van der Waals surface area contributed by atoms with Crippen LogP contribution >= 0.6 is 0 Å². The van der Waals surface area contributed by atoms with Gasteiger partial charge in [0.15, 0.2) is 0 Å². The standard InChI is InChI=1S/C24H32N2.Pd/c1-6-7-8-9-10-22(26-24-15-20(4)12-21(5)16-24)17-25-23-13-18(2)11-19(3)14-23;/h11-17H,6-10H2,1-5H3;. The molecule has 0 radical (unpaired) electrons. The van der Waals surface area contributed by atoms with Gasteiger partial charge in [0.1, 0.15) is 0 Å². The fourth-order valence-corrected chi connectivity index (χ4v) is 3.24. The van der Waals surface area contributed by atoms with Crippen LogP contribution in [-0.4, -0.2) is 11.9 Å². The third-order valence-corrected chi connectivity index (χ3v) is 4.33. The molecule has 0 aromatic heterocycles. The van der Waals surface area contributed by atoms with Crippen molar-refractivity contribution in [2.45, 2.75) is 66.7 Å². The first-order chi connectivity index (χ1) is 12.5. The largest absolute Gasteiger partial charge is 0.255 e. The first-order valence-electron chi connectivity index (χ1n) is 9.74. The topological polar surface area (TPSA) is 24.7 Å². The molecule has 0 heterocycles. The van der Waals surface area contributed by atoms with Gasteiger partial charge in [-0.25, -0.2) is 0 Å². The van der Waals surface area contributed by atoms with Crippen molar-refractivity contribution in [1.29, 1.82) is 0 Å². The van der Waals surface area contributed by atoms with Gasteiger partial charge in [-0.2, -0.15) is 0 Å². The molecule has 0 aliphatic heterocycles. The second-order valence-corrected chi connectivity index (χ2v) is 7.36. The van der Waals surface area contributed by atoms with E-state index in [0.29, 0.717) is 0 Å². The molecular formula is C24H32N2Pd. The molecular weight excluding hydrogens is 423 g/mol. The molecule has 2 rings (SSSR count). The Labute approximate surface area is 178 Å². The van der Waals surface area contributed by atoms with Crippen molar-refractivity contribution < 1.29 is 20.4 Å². The molecule has 0 aliphatic rings. The summed E-state index contributed by atoms with van der Waals surface area (Å²) < 4.78 is 0. The molecule has 2 aromatic rings. The predicted molar refractivity (Wildman–Crippen MR) is 116 cm³/mol. The Kier molecular flexibility index (Phi) is 10.4. The fraction of sp³-hybridized carbons (Fsp3) is 0.417. The van der Waals surface area contributed by atoms with Crippen LogP contribution in [-0.2, 0) is 20.4 Å². The summed E-state index contributed by atoms with van der Waals surface area (Å²) in [5.41, 5.74) is 8.08. The molecule has 0 spiro atoms. The Hall–Kier alpha value is -1.56. The van der Waals surface area contributed by atoms with Crippen molar-refractivity contribution in [3.05, 3.63) is 58.7 Å². The number of rotatable bonds is 8. The molecule has 0 saturated carbocycles. The summed E-state index contributed by atoms with van der Waals surface area (Å²) in [6, 6.07) is 12.9. The van der Waals surface area contributed by atoms with Crippen molar-refractivity contribution in [3.8, 4) is 0 Å². The van der Waals surface area contributed by atoms with Crippen LogP contribution in [0.2, 0.25) is 0 Å². The van der Waals surface area contributed by atoms with Gasteiger partial charge < -0.3 is 0 Å². The van der Waals surface area contributed by atoms with Gasteiger partial charge in [-0.1, -0.05) is 38.3 Å². The molecule has 0 saturated heterocycles. The van der Waals surface area contributed by atoms with E-state index in [0.717, 1.165) is 29.9 Å². The summed E-state index contributed by atoms with van der Waals surface area (Å²) in [4.78, 5) is 9.62. The van der Waals surface area contributed by atoms with Gasteiger partial charge in [0.2, 0.25) is 0 Å². The van der Waals surface area contributed by atoms with Crippen LogP contribution in [0.15, 0.2) is 46.4 Å². The fourth-order valence-electron chi connectivity index (χ4n) is 3.24. The second-order valence-electron chi connectivity index (χ2n) is 7.36. The third-order valence-electron chi connectivity index (χ3n) is 4.33. The zero-order valence-electron chi connectivity index (χ0n) is 17.3. The Balaban J connectivity index is 0.00000364. The third kappa shape index (κ3) is 8.78. The van der Waals surface area contributed by atoms with E-state index in [9.17, 15) is 0 Å². The van der Waals surface area contributed by atoms with Gasteiger partial charge in [0, 0.05) is 26.6 Å². The Bertz CT molecular complexity index is 750. The second kappa shape index (κ2) is 12.0. The van der Waals surface area contributed by atoms with Crippen molar-refractivity contribution in [2.75, 3.05) is 0 Å². The average Bonchev–Trinajstić information content (AvgIpc) is 2.54. The van der Waals surface area contributed by atoms with Crippen LogP contribution in [0.25, 0.3) is 0 Å². The van der Waals surface area contributed by atoms with E-state index in [1.54, 1.807) is 0 Å². The van der Waals surface area contributed by atoms with Gasteiger partial charge in [-0.3, -0.25) is 9.98 Å². The van der Waals surface area contributed by atoms with E-state index in [-0.39, 0.29) is 20.4 Å². The Morgan fingerprint density at radius 2 is 1.26 bits per heavy atom. The van der Waals surface area contributed by atoms with Crippen LogP contribution in [0.1, 0.15) is 61.3 Å². The van der Waals surface area contributed by atoms with Gasteiger partial charge in [-0.15, -0.1) is 0 Å². The predicted octanol–water partition coefficient (Wildman–Crippen LogP) is 7.36. The quantitative estimate of drug-likeness (QED) is 0.226. The van der Waals surface area contributed by atoms with Gasteiger partial charge in [0.05, 0.1) is 17.1 Å². The number of hydrogen-bond acceptors (Lipinski definition) is 2. The summed E-state index contributed by atoms with van der Waals surface area (Å²) in [5, 5.41) is 0. The van der Waals surface area contributed by atoms with E-state index in [1.165, 1.54) is 41.5 Å². The molecule has 0 aliphatic carbocycles. The molecule has 3 heteroatoms. The zero-order valence-corrected chi connectivity index (χ0v) is 18.8. The Morgan fingerprint density at radius 3 is 1.78 bits per heavy atom. The van der Waals surface area contributed by atoms with Crippen molar-refractivity contribution in [3.63, 3.8) is 0 Å². The number of nitrogens with zero attached hydrogens (tertiary/aromatic N) is 2. The molecule has 0 unspecified atom stereocenters. The van der Waals surface area contributed by atoms with E-state index in [4.69, 9.17) is 9.98 Å². The van der Waals surface area contributed by atoms with Crippen LogP contribution in [0.4, 0.5) is 11.4 Å². The summed E-state index contributed by atoms with van der Waals surface area (Å²) >= 11 is 0. The number of aliphatic imine (C=N–C) groups is 2. The summed E-state index contributed by atoms with van der Waals surface area (Å²) in [6.45, 7) is 10.7. The first kappa shape index (κ1) is 23.5. The van der Waals surface area contributed by atoms with Crippen molar-refractivity contribution in [2.24, 2.45) is 9.98 Å². The van der Waals surface area contributed by atoms with E-state index in [2.05, 4.69) is 71.0 Å². The molecule has 0 fully saturated rings. The van der Waals surface area contributed by atoms with Crippen LogP contribution in [0.3, 0.4) is 0 Å². The monoisotopic (exact) mass is 454 g/mol. The molecule has 27 heavy (non-hydrogen) atoms. The van der Waals surface area contributed by atoms with Crippen molar-refractivity contribution in [1.82, 2.24) is 0 Å². The summed E-state index contributed by atoms with van der Waals surface area (Å²) in [7, 11) is 0. The Morgan fingerprint density at radius 1 is 0.741 bits per heavy atom. The van der Waals surface area contributed by atoms with E-state index >= 15 is 0 Å². The normalized spacial score (nSPS) is 11.7. The number of unbranched alkanes of at least 4 members (excludes halogenated alkanes) is 3. The summed E-state index contributed by atoms with van der Waals surface area (Å²) in [5.74, 6) is 0. The minimum atomic E-state index is 0. The number of benzene rings is 2. The first-order valence-corrected chi connectivity index (χ1v) is 9.74. The molecule has 0 atom stereocenters. The van der Waals surface area contributed by atoms with Crippen LogP contribution < -0.4 is 0 Å². The SMILES string of the molecule is CCCCCCC(C=Nc1cc(C)cc(C)c1)=Nc1cc(C)cc(C)c1.[Pd]. The van der Waals surface area contributed by atoms with Gasteiger partial charge >= 0.3 is 0 Å². The summed E-state index contributed by atoms with van der Waals surface area (Å²) in [6.07, 6.45) is 7.88. The maximum atomic E-state index is 4.91. The molecule has 2 nitrogen and oxygen atoms in total. The minimum absolute atomic E-state index is 0. The zero-order chi connectivity index (χ0) is 18.9. The van der Waals surface area contributed by atoms with Crippen LogP contribution in [0.5, 0.6) is 0 Å². The minimum Gasteiger partial charge on any atom is -0.255 e. The molecule has 0 bridgehead atoms. The smallest absolute Gasteiger partial charge is 0.0638 e. The molecule has 148 valence electrons. The average molecular weight is 455 g/mol. The molecule has 2 aromatic carbocycles. The van der Waals surface area contributed by atoms with Crippen LogP contribution in [0, 0.1) is 27.7 Å². The molecule has 0 amide bonds. The maximum Gasteiger partial charge on any atom is 0.0638 e.